The van der Waals surface area contributed by atoms with Gasteiger partial charge in [-0.05, 0) is 44.2 Å². The summed E-state index contributed by atoms with van der Waals surface area (Å²) in [5, 5.41) is 0. The first kappa shape index (κ1) is 13.2. The lowest BCUT2D eigenvalue weighted by Crippen LogP contribution is -2.29. The highest BCUT2D eigenvalue weighted by Gasteiger charge is 2.23. The molecule has 0 bridgehead atoms. The quantitative estimate of drug-likeness (QED) is 0.836. The molecule has 1 aliphatic rings. The largest absolute Gasteiger partial charge is 0.490 e. The van der Waals surface area contributed by atoms with Crippen LogP contribution in [0.25, 0.3) is 0 Å². The second-order valence-electron chi connectivity index (χ2n) is 5.24. The van der Waals surface area contributed by atoms with E-state index in [1.54, 1.807) is 7.11 Å². The molecule has 1 fully saturated rings. The molecule has 18 heavy (non-hydrogen) atoms. The molecule has 0 spiro atoms. The Morgan fingerprint density at radius 3 is 2.56 bits per heavy atom. The second-order valence-corrected chi connectivity index (χ2v) is 5.24. The number of nitrogen functional groups attached to an aromatic ring is 1. The van der Waals surface area contributed by atoms with E-state index in [0.717, 1.165) is 41.8 Å². The summed E-state index contributed by atoms with van der Waals surface area (Å²) in [4.78, 5) is 0. The van der Waals surface area contributed by atoms with Gasteiger partial charge in [0.1, 0.15) is 11.9 Å². The van der Waals surface area contributed by atoms with Crippen LogP contribution in [-0.4, -0.2) is 19.3 Å². The van der Waals surface area contributed by atoms with E-state index in [1.807, 2.05) is 13.0 Å². The number of benzene rings is 1. The Kier molecular flexibility index (Phi) is 4.12. The second kappa shape index (κ2) is 5.61. The number of ether oxygens (including phenoxy) is 2. The molecule has 1 aromatic rings. The molecule has 0 radical (unpaired) electrons. The maximum absolute atomic E-state index is 6.09. The predicted octanol–water partition coefficient (Wildman–Crippen LogP) is 3.22. The van der Waals surface area contributed by atoms with Gasteiger partial charge in [-0.3, -0.25) is 0 Å². The number of hydrogen-bond acceptors (Lipinski definition) is 3. The lowest BCUT2D eigenvalue weighted by atomic mass is 9.95. The minimum absolute atomic E-state index is 0.254. The summed E-state index contributed by atoms with van der Waals surface area (Å²) >= 11 is 0. The zero-order chi connectivity index (χ0) is 13.1. The summed E-state index contributed by atoms with van der Waals surface area (Å²) in [6.07, 6.45) is 4.99. The van der Waals surface area contributed by atoms with E-state index in [4.69, 9.17) is 15.2 Å². The molecule has 0 saturated heterocycles. The summed E-state index contributed by atoms with van der Waals surface area (Å²) in [6.45, 7) is 4.09. The Hall–Kier alpha value is -1.22. The first-order valence-electron chi connectivity index (χ1n) is 6.66. The third kappa shape index (κ3) is 2.96. The van der Waals surface area contributed by atoms with E-state index in [2.05, 4.69) is 13.0 Å². The van der Waals surface area contributed by atoms with Gasteiger partial charge in [0.2, 0.25) is 0 Å². The van der Waals surface area contributed by atoms with Gasteiger partial charge in [0.25, 0.3) is 0 Å². The van der Waals surface area contributed by atoms with E-state index >= 15 is 0 Å². The van der Waals surface area contributed by atoms with Gasteiger partial charge in [0, 0.05) is 25.3 Å². The molecule has 0 heterocycles. The molecule has 2 rings (SSSR count). The van der Waals surface area contributed by atoms with Crippen molar-refractivity contribution >= 4 is 5.69 Å². The fourth-order valence-corrected chi connectivity index (χ4v) is 2.58. The Bertz CT molecular complexity index is 417. The van der Waals surface area contributed by atoms with Crippen LogP contribution >= 0.6 is 0 Å². The average Bonchev–Trinajstić information content (AvgIpc) is 2.36. The minimum Gasteiger partial charge on any atom is -0.490 e. The lowest BCUT2D eigenvalue weighted by molar-refractivity contribution is 0.0208. The van der Waals surface area contributed by atoms with Crippen LogP contribution in [-0.2, 0) is 4.74 Å². The number of rotatable bonds is 3. The maximum Gasteiger partial charge on any atom is 0.124 e. The van der Waals surface area contributed by atoms with Gasteiger partial charge in [-0.15, -0.1) is 0 Å². The monoisotopic (exact) mass is 249 g/mol. The van der Waals surface area contributed by atoms with Crippen molar-refractivity contribution < 1.29 is 9.47 Å². The first-order chi connectivity index (χ1) is 8.60. The van der Waals surface area contributed by atoms with Crippen molar-refractivity contribution in [1.82, 2.24) is 0 Å². The number of nitrogens with two attached hydrogens (primary N) is 1. The van der Waals surface area contributed by atoms with Gasteiger partial charge >= 0.3 is 0 Å². The molecule has 1 saturated carbocycles. The molecular weight excluding hydrogens is 226 g/mol. The van der Waals surface area contributed by atoms with Crippen LogP contribution < -0.4 is 10.5 Å². The van der Waals surface area contributed by atoms with E-state index < -0.39 is 0 Å². The molecular formula is C15H23NO2. The van der Waals surface area contributed by atoms with Crippen LogP contribution in [0.3, 0.4) is 0 Å². The van der Waals surface area contributed by atoms with Crippen LogP contribution in [0.4, 0.5) is 5.69 Å². The van der Waals surface area contributed by atoms with Crippen LogP contribution in [0, 0.1) is 13.8 Å². The molecule has 0 aliphatic heterocycles. The molecule has 3 heteroatoms. The van der Waals surface area contributed by atoms with Crippen molar-refractivity contribution in [3.05, 3.63) is 23.3 Å². The minimum atomic E-state index is 0.254. The van der Waals surface area contributed by atoms with E-state index in [-0.39, 0.29) is 6.10 Å². The van der Waals surface area contributed by atoms with E-state index in [9.17, 15) is 0 Å². The zero-order valence-electron chi connectivity index (χ0n) is 11.5. The highest BCUT2D eigenvalue weighted by molar-refractivity contribution is 5.54. The van der Waals surface area contributed by atoms with Gasteiger partial charge in [-0.1, -0.05) is 6.07 Å². The molecule has 2 N–H and O–H groups in total. The Labute approximate surface area is 109 Å². The third-order valence-corrected chi connectivity index (χ3v) is 3.77. The molecule has 2 atom stereocenters. The highest BCUT2D eigenvalue weighted by Crippen LogP contribution is 2.29. The Morgan fingerprint density at radius 2 is 1.83 bits per heavy atom. The first-order valence-corrected chi connectivity index (χ1v) is 6.66. The van der Waals surface area contributed by atoms with Crippen LogP contribution in [0.15, 0.2) is 12.1 Å². The van der Waals surface area contributed by atoms with Crippen molar-refractivity contribution in [2.45, 2.75) is 51.7 Å². The SMILES string of the molecule is COC1CCCC(Oc2cc(N)c(C)cc2C)C1. The molecule has 1 aromatic carbocycles. The zero-order valence-corrected chi connectivity index (χ0v) is 11.5. The molecule has 0 aromatic heterocycles. The number of aryl methyl sites for hydroxylation is 2. The number of anilines is 1. The third-order valence-electron chi connectivity index (χ3n) is 3.77. The summed E-state index contributed by atoms with van der Waals surface area (Å²) in [7, 11) is 1.78. The summed E-state index contributed by atoms with van der Waals surface area (Å²) in [6, 6.07) is 4.03. The van der Waals surface area contributed by atoms with Crippen molar-refractivity contribution in [2.75, 3.05) is 12.8 Å². The van der Waals surface area contributed by atoms with Gasteiger partial charge in [-0.25, -0.2) is 0 Å². The standard InChI is InChI=1S/C15H23NO2/c1-10-7-11(2)15(9-14(10)16)18-13-6-4-5-12(8-13)17-3/h7,9,12-13H,4-6,8,16H2,1-3H3. The summed E-state index contributed by atoms with van der Waals surface area (Å²) in [5.41, 5.74) is 9.01. The van der Waals surface area contributed by atoms with Gasteiger partial charge < -0.3 is 15.2 Å². The van der Waals surface area contributed by atoms with E-state index in [1.165, 1.54) is 6.42 Å². The average molecular weight is 249 g/mol. The topological polar surface area (TPSA) is 44.5 Å². The summed E-state index contributed by atoms with van der Waals surface area (Å²) < 4.78 is 11.5. The Balaban J connectivity index is 2.07. The Morgan fingerprint density at radius 1 is 1.11 bits per heavy atom. The molecule has 100 valence electrons. The van der Waals surface area contributed by atoms with E-state index in [0.29, 0.717) is 6.10 Å². The maximum atomic E-state index is 6.09. The number of methoxy groups -OCH3 is 1. The molecule has 1 aliphatic carbocycles. The van der Waals surface area contributed by atoms with Crippen LogP contribution in [0.5, 0.6) is 5.75 Å². The lowest BCUT2D eigenvalue weighted by Gasteiger charge is -2.29. The fraction of sp³-hybridized carbons (Fsp3) is 0.600. The van der Waals surface area contributed by atoms with Gasteiger partial charge in [0.05, 0.1) is 6.10 Å². The van der Waals surface area contributed by atoms with Gasteiger partial charge in [-0.2, -0.15) is 0 Å². The molecule has 3 nitrogen and oxygen atoms in total. The normalized spacial score (nSPS) is 23.9. The number of hydrogen-bond donors (Lipinski definition) is 1. The van der Waals surface area contributed by atoms with Crippen molar-refractivity contribution in [1.29, 1.82) is 0 Å². The summed E-state index contributed by atoms with van der Waals surface area (Å²) in [5.74, 6) is 0.917. The molecule has 0 amide bonds. The van der Waals surface area contributed by atoms with Crippen molar-refractivity contribution in [3.63, 3.8) is 0 Å². The van der Waals surface area contributed by atoms with Crippen LogP contribution in [0.1, 0.15) is 36.8 Å². The van der Waals surface area contributed by atoms with Crippen LogP contribution in [0.2, 0.25) is 0 Å². The van der Waals surface area contributed by atoms with Gasteiger partial charge in [0.15, 0.2) is 0 Å². The highest BCUT2D eigenvalue weighted by atomic mass is 16.5. The fourth-order valence-electron chi connectivity index (χ4n) is 2.58. The van der Waals surface area contributed by atoms with Crippen molar-refractivity contribution in [3.8, 4) is 5.75 Å². The van der Waals surface area contributed by atoms with Crippen molar-refractivity contribution in [2.24, 2.45) is 0 Å². The predicted molar refractivity (Wildman–Crippen MR) is 74.0 cm³/mol. The smallest absolute Gasteiger partial charge is 0.124 e. The molecule has 2 unspecified atom stereocenters.